The second-order valence-electron chi connectivity index (χ2n) is 7.26. The quantitative estimate of drug-likeness (QED) is 0.414. The van der Waals surface area contributed by atoms with Gasteiger partial charge in [0.15, 0.2) is 11.5 Å². The highest BCUT2D eigenvalue weighted by Gasteiger charge is 2.22. The second kappa shape index (κ2) is 8.70. The highest BCUT2D eigenvalue weighted by Crippen LogP contribution is 2.36. The maximum Gasteiger partial charge on any atom is 0.303 e. The fourth-order valence-corrected chi connectivity index (χ4v) is 3.65. The smallest absolute Gasteiger partial charge is 0.303 e. The van der Waals surface area contributed by atoms with Crippen molar-refractivity contribution >= 4 is 22.7 Å². The molecule has 1 aromatic heterocycles. The number of nitrogens with zero attached hydrogens (tertiary/aromatic N) is 2. The summed E-state index contributed by atoms with van der Waals surface area (Å²) >= 11 is 0. The van der Waals surface area contributed by atoms with Crippen LogP contribution in [0.15, 0.2) is 72.8 Å². The van der Waals surface area contributed by atoms with Crippen LogP contribution >= 0.6 is 0 Å². The number of Topliss-reactive ketones (excluding diaryl/α,β-unsaturated/α-hetero) is 1. The lowest BCUT2D eigenvalue weighted by Gasteiger charge is -2.12. The molecule has 0 saturated carbocycles. The topological polar surface area (TPSA) is 111 Å². The zero-order valence-electron chi connectivity index (χ0n) is 16.9. The van der Waals surface area contributed by atoms with Crippen molar-refractivity contribution in [2.24, 2.45) is 0 Å². The van der Waals surface area contributed by atoms with E-state index in [1.807, 2.05) is 66.7 Å². The Bertz CT molecular complexity index is 1390. The minimum Gasteiger partial charge on any atom is -0.504 e. The summed E-state index contributed by atoms with van der Waals surface area (Å²) in [4.78, 5) is 27.8. The van der Waals surface area contributed by atoms with Gasteiger partial charge >= 0.3 is 5.97 Å². The van der Waals surface area contributed by atoms with Crippen LogP contribution in [0.5, 0.6) is 5.75 Å². The fourth-order valence-electron chi connectivity index (χ4n) is 3.65. The highest BCUT2D eigenvalue weighted by molar-refractivity contribution is 6.05. The molecule has 4 aromatic rings. The zero-order valence-corrected chi connectivity index (χ0v) is 16.9. The molecule has 1 heterocycles. The predicted molar refractivity (Wildman–Crippen MR) is 120 cm³/mol. The van der Waals surface area contributed by atoms with Gasteiger partial charge in [-0.2, -0.15) is 5.26 Å². The van der Waals surface area contributed by atoms with E-state index in [1.165, 1.54) is 0 Å². The Morgan fingerprint density at radius 2 is 1.56 bits per heavy atom. The number of benzene rings is 3. The molecule has 4 rings (SSSR count). The molecule has 0 atom stereocenters. The van der Waals surface area contributed by atoms with Gasteiger partial charge < -0.3 is 10.2 Å². The van der Waals surface area contributed by atoms with E-state index in [1.54, 1.807) is 12.1 Å². The molecule has 0 aliphatic rings. The van der Waals surface area contributed by atoms with Gasteiger partial charge in [0.1, 0.15) is 17.3 Å². The summed E-state index contributed by atoms with van der Waals surface area (Å²) in [6.45, 7) is 0. The molecule has 3 aromatic carbocycles. The minimum atomic E-state index is -1.13. The predicted octanol–water partition coefficient (Wildman–Crippen LogP) is 5.19. The number of aliphatic carboxylic acids is 1. The summed E-state index contributed by atoms with van der Waals surface area (Å²) < 4.78 is 0. The number of aromatic nitrogens is 1. The summed E-state index contributed by atoms with van der Waals surface area (Å²) in [5.41, 5.74) is 3.62. The summed E-state index contributed by atoms with van der Waals surface area (Å²) in [5, 5.41) is 29.5. The molecule has 0 fully saturated rings. The Balaban J connectivity index is 1.90. The number of rotatable bonds is 6. The van der Waals surface area contributed by atoms with Crippen LogP contribution in [0.25, 0.3) is 33.2 Å². The van der Waals surface area contributed by atoms with Crippen molar-refractivity contribution in [3.63, 3.8) is 0 Å². The third-order valence-electron chi connectivity index (χ3n) is 5.21. The number of carboxylic acid groups (broad SMARTS) is 1. The molecule has 2 N–H and O–H groups in total. The average Bonchev–Trinajstić information content (AvgIpc) is 2.82. The van der Waals surface area contributed by atoms with Crippen LogP contribution in [0.3, 0.4) is 0 Å². The lowest BCUT2D eigenvalue weighted by Crippen LogP contribution is -2.08. The lowest BCUT2D eigenvalue weighted by molar-refractivity contribution is -0.136. The number of nitriles is 1. The van der Waals surface area contributed by atoms with Gasteiger partial charge in [-0.05, 0) is 22.8 Å². The van der Waals surface area contributed by atoms with Gasteiger partial charge in [0, 0.05) is 17.4 Å². The Hall–Kier alpha value is -4.50. The zero-order chi connectivity index (χ0) is 22.7. The van der Waals surface area contributed by atoms with E-state index in [4.69, 9.17) is 5.11 Å². The number of hydrogen-bond acceptors (Lipinski definition) is 5. The first-order valence-electron chi connectivity index (χ1n) is 9.96. The van der Waals surface area contributed by atoms with Crippen LogP contribution in [0.2, 0.25) is 0 Å². The van der Waals surface area contributed by atoms with Gasteiger partial charge in [0.05, 0.1) is 11.9 Å². The van der Waals surface area contributed by atoms with E-state index < -0.39 is 17.5 Å². The van der Waals surface area contributed by atoms with Crippen molar-refractivity contribution < 1.29 is 19.8 Å². The molecule has 0 saturated heterocycles. The van der Waals surface area contributed by atoms with Crippen LogP contribution in [-0.2, 0) is 4.79 Å². The van der Waals surface area contributed by atoms with Crippen molar-refractivity contribution in [2.75, 3.05) is 0 Å². The number of hydrogen-bond donors (Lipinski definition) is 2. The van der Waals surface area contributed by atoms with E-state index in [0.29, 0.717) is 16.5 Å². The van der Waals surface area contributed by atoms with Crippen LogP contribution < -0.4 is 0 Å². The lowest BCUT2D eigenvalue weighted by atomic mass is 9.95. The van der Waals surface area contributed by atoms with Crippen molar-refractivity contribution in [2.45, 2.75) is 12.8 Å². The van der Waals surface area contributed by atoms with E-state index in [0.717, 1.165) is 16.7 Å². The standard InChI is InChI=1S/C26H18N2O4/c27-15-21-20-11-5-10-19(18-9-4-8-17(14-18)16-6-2-1-3-7-16)24(20)28-25(26(21)32)22(29)12-13-23(30)31/h1-11,14,32H,12-13H2,(H,30,31). The number of pyridine rings is 1. The summed E-state index contributed by atoms with van der Waals surface area (Å²) in [6, 6.07) is 24.9. The van der Waals surface area contributed by atoms with Gasteiger partial charge in [-0.1, -0.05) is 66.7 Å². The van der Waals surface area contributed by atoms with E-state index in [9.17, 15) is 20.0 Å². The monoisotopic (exact) mass is 422 g/mol. The van der Waals surface area contributed by atoms with Gasteiger partial charge in [-0.15, -0.1) is 0 Å². The normalized spacial score (nSPS) is 10.6. The van der Waals surface area contributed by atoms with Gasteiger partial charge in [-0.3, -0.25) is 9.59 Å². The number of ketones is 1. The Labute approximate surface area is 184 Å². The molecule has 0 amide bonds. The number of carboxylic acids is 1. The molecule has 6 nitrogen and oxygen atoms in total. The Kier molecular flexibility index (Phi) is 5.65. The summed E-state index contributed by atoms with van der Waals surface area (Å²) in [6.07, 6.45) is -0.710. The molecule has 0 aliphatic heterocycles. The SMILES string of the molecule is N#Cc1c(O)c(C(=O)CCC(=O)O)nc2c(-c3cccc(-c4ccccc4)c3)cccc12. The number of carbonyl (C=O) groups excluding carboxylic acids is 1. The van der Waals surface area contributed by atoms with Gasteiger partial charge in [-0.25, -0.2) is 4.98 Å². The van der Waals surface area contributed by atoms with Crippen molar-refractivity contribution in [1.29, 1.82) is 5.26 Å². The van der Waals surface area contributed by atoms with E-state index >= 15 is 0 Å². The third kappa shape index (κ3) is 3.92. The number of carbonyl (C=O) groups is 2. The molecule has 6 heteroatoms. The number of aromatic hydroxyl groups is 1. The first-order chi connectivity index (χ1) is 15.5. The van der Waals surface area contributed by atoms with Gasteiger partial charge in [0.2, 0.25) is 0 Å². The second-order valence-corrected chi connectivity index (χ2v) is 7.26. The molecule has 0 unspecified atom stereocenters. The van der Waals surface area contributed by atoms with Crippen molar-refractivity contribution in [1.82, 2.24) is 4.98 Å². The highest BCUT2D eigenvalue weighted by atomic mass is 16.4. The Morgan fingerprint density at radius 3 is 2.28 bits per heavy atom. The molecule has 0 radical (unpaired) electrons. The third-order valence-corrected chi connectivity index (χ3v) is 5.21. The fraction of sp³-hybridized carbons (Fsp3) is 0.0769. The average molecular weight is 422 g/mol. The largest absolute Gasteiger partial charge is 0.504 e. The van der Waals surface area contributed by atoms with Crippen LogP contribution in [0, 0.1) is 11.3 Å². The van der Waals surface area contributed by atoms with Crippen LogP contribution in [-0.4, -0.2) is 26.9 Å². The van der Waals surface area contributed by atoms with Gasteiger partial charge in [0.25, 0.3) is 0 Å². The van der Waals surface area contributed by atoms with E-state index in [2.05, 4.69) is 4.98 Å². The molecule has 32 heavy (non-hydrogen) atoms. The molecule has 156 valence electrons. The van der Waals surface area contributed by atoms with Crippen molar-refractivity contribution in [3.8, 4) is 34.1 Å². The minimum absolute atomic E-state index is 0.0604. The Morgan fingerprint density at radius 1 is 0.875 bits per heavy atom. The first-order valence-corrected chi connectivity index (χ1v) is 9.96. The van der Waals surface area contributed by atoms with Crippen LogP contribution in [0.4, 0.5) is 0 Å². The number of para-hydroxylation sites is 1. The molecule has 0 spiro atoms. The van der Waals surface area contributed by atoms with Crippen LogP contribution in [0.1, 0.15) is 28.9 Å². The summed E-state index contributed by atoms with van der Waals surface area (Å²) in [5.74, 6) is -2.28. The molecule has 0 bridgehead atoms. The van der Waals surface area contributed by atoms with Crippen molar-refractivity contribution in [3.05, 3.63) is 84.1 Å². The maximum absolute atomic E-state index is 12.6. The van der Waals surface area contributed by atoms with E-state index in [-0.39, 0.29) is 24.1 Å². The molecular weight excluding hydrogens is 404 g/mol. The number of fused-ring (bicyclic) bond motifs is 1. The molecule has 0 aliphatic carbocycles. The molecular formula is C26H18N2O4. The summed E-state index contributed by atoms with van der Waals surface area (Å²) in [7, 11) is 0. The first kappa shape index (κ1) is 20.8. The maximum atomic E-state index is 12.6.